The molecule has 19 heavy (non-hydrogen) atoms. The van der Waals surface area contributed by atoms with Crippen LogP contribution in [0.5, 0.6) is 0 Å². The first kappa shape index (κ1) is 13.9. The lowest BCUT2D eigenvalue weighted by Gasteiger charge is -2.17. The van der Waals surface area contributed by atoms with Crippen molar-refractivity contribution in [2.75, 3.05) is 11.9 Å². The number of nitrogens with zero attached hydrogens (tertiary/aromatic N) is 4. The van der Waals surface area contributed by atoms with E-state index in [1.165, 1.54) is 4.88 Å². The number of anilines is 1. The Balaban J connectivity index is 2.14. The van der Waals surface area contributed by atoms with Crippen molar-refractivity contribution in [3.05, 3.63) is 33.7 Å². The molecule has 0 aliphatic carbocycles. The summed E-state index contributed by atoms with van der Waals surface area (Å²) in [5.41, 5.74) is 1.09. The van der Waals surface area contributed by atoms with E-state index in [-0.39, 0.29) is 0 Å². The van der Waals surface area contributed by atoms with Crippen molar-refractivity contribution < 1.29 is 0 Å². The van der Waals surface area contributed by atoms with Crippen LogP contribution in [-0.4, -0.2) is 22.0 Å². The van der Waals surface area contributed by atoms with E-state index in [0.29, 0.717) is 0 Å². The molecule has 0 atom stereocenters. The third kappa shape index (κ3) is 3.50. The molecule has 0 aliphatic heterocycles. The maximum absolute atomic E-state index is 4.50. The van der Waals surface area contributed by atoms with Gasteiger partial charge < -0.3 is 4.90 Å². The average Bonchev–Trinajstić information content (AvgIpc) is 2.85. The number of thiazole rings is 1. The van der Waals surface area contributed by atoms with E-state index in [4.69, 9.17) is 0 Å². The zero-order chi connectivity index (χ0) is 13.8. The van der Waals surface area contributed by atoms with Crippen LogP contribution in [-0.2, 0) is 19.4 Å². The molecule has 102 valence electrons. The molecule has 0 spiro atoms. The summed E-state index contributed by atoms with van der Waals surface area (Å²) >= 11 is 1.77. The monoisotopic (exact) mass is 276 g/mol. The molecule has 0 aliphatic rings. The molecule has 0 bridgehead atoms. The van der Waals surface area contributed by atoms with Gasteiger partial charge in [0, 0.05) is 29.9 Å². The van der Waals surface area contributed by atoms with E-state index in [2.05, 4.69) is 39.8 Å². The highest BCUT2D eigenvalue weighted by Crippen LogP contribution is 2.18. The molecule has 2 rings (SSSR count). The fourth-order valence-electron chi connectivity index (χ4n) is 1.86. The molecule has 0 saturated heterocycles. The lowest BCUT2D eigenvalue weighted by Crippen LogP contribution is -2.18. The number of hydrogen-bond acceptors (Lipinski definition) is 5. The molecular weight excluding hydrogens is 256 g/mol. The molecule has 0 amide bonds. The molecule has 0 radical (unpaired) electrons. The van der Waals surface area contributed by atoms with Crippen LogP contribution in [0, 0.1) is 6.92 Å². The van der Waals surface area contributed by atoms with Crippen molar-refractivity contribution in [2.45, 2.75) is 40.2 Å². The van der Waals surface area contributed by atoms with Gasteiger partial charge in [-0.15, -0.1) is 11.3 Å². The third-order valence-electron chi connectivity index (χ3n) is 2.95. The third-order valence-corrected chi connectivity index (χ3v) is 4.08. The summed E-state index contributed by atoms with van der Waals surface area (Å²) in [5, 5.41) is 1.13. The molecule has 0 aromatic carbocycles. The summed E-state index contributed by atoms with van der Waals surface area (Å²) in [7, 11) is 2.05. The van der Waals surface area contributed by atoms with E-state index in [1.54, 1.807) is 11.3 Å². The number of aryl methyl sites for hydroxylation is 3. The Bertz CT molecular complexity index is 550. The maximum atomic E-state index is 4.50. The van der Waals surface area contributed by atoms with Crippen molar-refractivity contribution in [3.63, 3.8) is 0 Å². The molecule has 0 saturated carbocycles. The highest BCUT2D eigenvalue weighted by molar-refractivity contribution is 7.11. The van der Waals surface area contributed by atoms with Crippen LogP contribution in [0.2, 0.25) is 0 Å². The summed E-state index contributed by atoms with van der Waals surface area (Å²) in [6.07, 6.45) is 3.95. The van der Waals surface area contributed by atoms with E-state index in [9.17, 15) is 0 Å². The quantitative estimate of drug-likeness (QED) is 0.842. The molecule has 0 unspecified atom stereocenters. The van der Waals surface area contributed by atoms with Gasteiger partial charge in [-0.1, -0.05) is 13.8 Å². The second kappa shape index (κ2) is 6.10. The van der Waals surface area contributed by atoms with Crippen LogP contribution in [0.3, 0.4) is 0 Å². The van der Waals surface area contributed by atoms with Gasteiger partial charge in [-0.3, -0.25) is 0 Å². The summed E-state index contributed by atoms with van der Waals surface area (Å²) in [6, 6.07) is 2.06. The first-order valence-electron chi connectivity index (χ1n) is 6.61. The van der Waals surface area contributed by atoms with E-state index in [1.807, 2.05) is 20.2 Å². The van der Waals surface area contributed by atoms with Crippen LogP contribution >= 0.6 is 11.3 Å². The van der Waals surface area contributed by atoms with Gasteiger partial charge in [0.1, 0.15) is 16.6 Å². The van der Waals surface area contributed by atoms with Crippen LogP contribution in [0.4, 0.5) is 5.82 Å². The molecule has 4 nitrogen and oxygen atoms in total. The van der Waals surface area contributed by atoms with Gasteiger partial charge in [-0.05, 0) is 19.8 Å². The standard InChI is InChI=1S/C14H20N4S/c1-5-11-7-13(17-10(3)16-11)18(4)9-14-15-8-12(6-2)19-14/h7-8H,5-6,9H2,1-4H3. The summed E-state index contributed by atoms with van der Waals surface area (Å²) in [5.74, 6) is 1.80. The van der Waals surface area contributed by atoms with Crippen molar-refractivity contribution in [1.29, 1.82) is 0 Å². The lowest BCUT2D eigenvalue weighted by atomic mass is 10.3. The van der Waals surface area contributed by atoms with Gasteiger partial charge in [-0.25, -0.2) is 15.0 Å². The van der Waals surface area contributed by atoms with Gasteiger partial charge in [0.05, 0.1) is 6.54 Å². The first-order valence-corrected chi connectivity index (χ1v) is 7.43. The molecule has 2 aromatic rings. The maximum Gasteiger partial charge on any atom is 0.132 e. The Kier molecular flexibility index (Phi) is 4.47. The Morgan fingerprint density at radius 1 is 1.21 bits per heavy atom. The fourth-order valence-corrected chi connectivity index (χ4v) is 2.77. The zero-order valence-corrected chi connectivity index (χ0v) is 12.8. The van der Waals surface area contributed by atoms with Gasteiger partial charge in [0.25, 0.3) is 0 Å². The fraction of sp³-hybridized carbons (Fsp3) is 0.500. The van der Waals surface area contributed by atoms with Crippen molar-refractivity contribution in [2.24, 2.45) is 0 Å². The van der Waals surface area contributed by atoms with Gasteiger partial charge >= 0.3 is 0 Å². The van der Waals surface area contributed by atoms with E-state index < -0.39 is 0 Å². The minimum atomic E-state index is 0.796. The number of rotatable bonds is 5. The second-order valence-corrected chi connectivity index (χ2v) is 5.75. The second-order valence-electron chi connectivity index (χ2n) is 4.55. The lowest BCUT2D eigenvalue weighted by molar-refractivity contribution is 0.855. The minimum absolute atomic E-state index is 0.796. The highest BCUT2D eigenvalue weighted by Gasteiger charge is 2.09. The number of aromatic nitrogens is 3. The van der Waals surface area contributed by atoms with Crippen molar-refractivity contribution >= 4 is 17.2 Å². The summed E-state index contributed by atoms with van der Waals surface area (Å²) in [4.78, 5) is 16.8. The molecule has 0 fully saturated rings. The minimum Gasteiger partial charge on any atom is -0.353 e. The molecule has 2 heterocycles. The van der Waals surface area contributed by atoms with Crippen LogP contribution in [0.25, 0.3) is 0 Å². The smallest absolute Gasteiger partial charge is 0.132 e. The topological polar surface area (TPSA) is 41.9 Å². The van der Waals surface area contributed by atoms with Crippen LogP contribution in [0.15, 0.2) is 12.3 Å². The van der Waals surface area contributed by atoms with Gasteiger partial charge in [-0.2, -0.15) is 0 Å². The Morgan fingerprint density at radius 2 is 2.00 bits per heavy atom. The van der Waals surface area contributed by atoms with Gasteiger partial charge in [0.15, 0.2) is 0 Å². The molecule has 2 aromatic heterocycles. The molecular formula is C14H20N4S. The highest BCUT2D eigenvalue weighted by atomic mass is 32.1. The Labute approximate surface area is 118 Å². The van der Waals surface area contributed by atoms with Gasteiger partial charge in [0.2, 0.25) is 0 Å². The summed E-state index contributed by atoms with van der Waals surface area (Å²) < 4.78 is 0. The largest absolute Gasteiger partial charge is 0.353 e. The predicted octanol–water partition coefficient (Wildman–Crippen LogP) is 3.00. The van der Waals surface area contributed by atoms with Crippen molar-refractivity contribution in [3.8, 4) is 0 Å². The Hall–Kier alpha value is -1.49. The molecule has 0 N–H and O–H groups in total. The Morgan fingerprint density at radius 3 is 2.63 bits per heavy atom. The normalized spacial score (nSPS) is 10.7. The number of hydrogen-bond donors (Lipinski definition) is 0. The first-order chi connectivity index (χ1) is 9.12. The average molecular weight is 276 g/mol. The van der Waals surface area contributed by atoms with Crippen LogP contribution < -0.4 is 4.90 Å². The summed E-state index contributed by atoms with van der Waals surface area (Å²) in [6.45, 7) is 7.00. The van der Waals surface area contributed by atoms with Crippen molar-refractivity contribution in [1.82, 2.24) is 15.0 Å². The molecule has 5 heteroatoms. The van der Waals surface area contributed by atoms with E-state index in [0.717, 1.165) is 41.7 Å². The zero-order valence-electron chi connectivity index (χ0n) is 12.0. The SMILES string of the molecule is CCc1cc(N(C)Cc2ncc(CC)s2)nc(C)n1. The van der Waals surface area contributed by atoms with Crippen LogP contribution in [0.1, 0.15) is 35.3 Å². The van der Waals surface area contributed by atoms with E-state index >= 15 is 0 Å². The predicted molar refractivity (Wildman–Crippen MR) is 79.7 cm³/mol.